The summed E-state index contributed by atoms with van der Waals surface area (Å²) in [5.41, 5.74) is 5.18. The molecule has 0 aliphatic rings. The Bertz CT molecular complexity index is 452. The van der Waals surface area contributed by atoms with E-state index in [0.29, 0.717) is 0 Å². The fourth-order valence-electron chi connectivity index (χ4n) is 0.752. The van der Waals surface area contributed by atoms with Gasteiger partial charge in [-0.15, -0.1) is 0 Å². The second-order valence-electron chi connectivity index (χ2n) is 2.91. The van der Waals surface area contributed by atoms with Crippen molar-refractivity contribution >= 4 is 27.4 Å². The van der Waals surface area contributed by atoms with Gasteiger partial charge in [0.05, 0.1) is 4.90 Å². The standard InChI is InChI=1S/C7H8O3S.CH6N4S/c1-6-2-4-7(5-3-6)11(8,9)10;2-4-1(6)5-3/h2-5H,1H3,(H,8,9,10);2-3H2,(H2,4,5,6). The lowest BCUT2D eigenvalue weighted by Crippen LogP contribution is -2.43. The summed E-state index contributed by atoms with van der Waals surface area (Å²) in [7, 11) is -4.02. The van der Waals surface area contributed by atoms with E-state index in [1.54, 1.807) is 12.1 Å². The average Bonchev–Trinajstić information content (AvgIpc) is 2.28. The molecule has 9 heteroatoms. The Morgan fingerprint density at radius 2 is 1.65 bits per heavy atom. The average molecular weight is 278 g/mol. The van der Waals surface area contributed by atoms with E-state index in [1.807, 2.05) is 6.92 Å². The number of thiocarbonyl (C=S) groups is 1. The summed E-state index contributed by atoms with van der Waals surface area (Å²) in [5.74, 6) is 9.50. The zero-order valence-electron chi connectivity index (χ0n) is 9.04. The van der Waals surface area contributed by atoms with Gasteiger partial charge >= 0.3 is 0 Å². The highest BCUT2D eigenvalue weighted by Crippen LogP contribution is 2.08. The zero-order chi connectivity index (χ0) is 13.5. The first-order chi connectivity index (χ1) is 7.81. The Labute approximate surface area is 105 Å². The first-order valence-electron chi connectivity index (χ1n) is 4.32. The molecule has 0 atom stereocenters. The molecule has 0 amide bonds. The topological polar surface area (TPSA) is 130 Å². The van der Waals surface area contributed by atoms with E-state index in [4.69, 9.17) is 16.2 Å². The lowest BCUT2D eigenvalue weighted by molar-refractivity contribution is 0.483. The number of nitrogens with one attached hydrogen (secondary N) is 2. The minimum absolute atomic E-state index is 0.0666. The van der Waals surface area contributed by atoms with Crippen molar-refractivity contribution in [3.63, 3.8) is 0 Å². The number of rotatable bonds is 1. The Morgan fingerprint density at radius 1 is 1.24 bits per heavy atom. The van der Waals surface area contributed by atoms with Crippen LogP contribution in [0, 0.1) is 6.92 Å². The molecule has 0 fully saturated rings. The monoisotopic (exact) mass is 278 g/mol. The van der Waals surface area contributed by atoms with E-state index < -0.39 is 10.1 Å². The Kier molecular flexibility index (Phi) is 6.61. The number of aryl methyl sites for hydroxylation is 1. The molecular weight excluding hydrogens is 264 g/mol. The summed E-state index contributed by atoms with van der Waals surface area (Å²) in [6, 6.07) is 5.99. The molecule has 1 rings (SSSR count). The van der Waals surface area contributed by atoms with Crippen molar-refractivity contribution in [2.75, 3.05) is 0 Å². The summed E-state index contributed by atoms with van der Waals surface area (Å²) in [4.78, 5) is -0.0666. The van der Waals surface area contributed by atoms with Gasteiger partial charge < -0.3 is 0 Å². The van der Waals surface area contributed by atoms with E-state index in [1.165, 1.54) is 12.1 Å². The number of benzene rings is 1. The number of hydrogen-bond acceptors (Lipinski definition) is 5. The van der Waals surface area contributed by atoms with Crippen LogP contribution >= 0.6 is 12.2 Å². The van der Waals surface area contributed by atoms with Gasteiger partial charge in [-0.25, -0.2) is 11.7 Å². The fraction of sp³-hybridized carbons (Fsp3) is 0.125. The maximum atomic E-state index is 10.5. The Balaban J connectivity index is 0.000000366. The molecule has 1 aromatic carbocycles. The smallest absolute Gasteiger partial charge is 0.294 e. The van der Waals surface area contributed by atoms with Gasteiger partial charge in [0, 0.05) is 0 Å². The fourth-order valence-corrected chi connectivity index (χ4v) is 1.23. The van der Waals surface area contributed by atoms with E-state index in [-0.39, 0.29) is 10.0 Å². The minimum atomic E-state index is -4.02. The second-order valence-corrected chi connectivity index (χ2v) is 4.74. The molecule has 0 unspecified atom stereocenters. The summed E-state index contributed by atoms with van der Waals surface area (Å²) in [5, 5.41) is 0.231. The van der Waals surface area contributed by atoms with Crippen LogP contribution in [-0.2, 0) is 10.1 Å². The maximum Gasteiger partial charge on any atom is 0.294 e. The van der Waals surface area contributed by atoms with Gasteiger partial charge in [-0.05, 0) is 31.3 Å². The summed E-state index contributed by atoms with van der Waals surface area (Å²) in [6.07, 6.45) is 0. The molecule has 17 heavy (non-hydrogen) atoms. The molecule has 0 saturated heterocycles. The van der Waals surface area contributed by atoms with Gasteiger partial charge in [-0.1, -0.05) is 17.7 Å². The third-order valence-corrected chi connectivity index (χ3v) is 2.68. The molecule has 7 nitrogen and oxygen atoms in total. The molecule has 96 valence electrons. The summed E-state index contributed by atoms with van der Waals surface area (Å²) in [6.45, 7) is 1.84. The first kappa shape index (κ1) is 15.7. The normalized spacial score (nSPS) is 9.88. The van der Waals surface area contributed by atoms with E-state index in [0.717, 1.165) is 5.56 Å². The third-order valence-electron chi connectivity index (χ3n) is 1.58. The molecule has 0 saturated carbocycles. The molecule has 0 aliphatic carbocycles. The highest BCUT2D eigenvalue weighted by molar-refractivity contribution is 7.85. The van der Waals surface area contributed by atoms with Crippen molar-refractivity contribution < 1.29 is 13.0 Å². The van der Waals surface area contributed by atoms with Crippen molar-refractivity contribution in [3.8, 4) is 0 Å². The van der Waals surface area contributed by atoms with Crippen LogP contribution in [0.15, 0.2) is 29.2 Å². The van der Waals surface area contributed by atoms with Gasteiger partial charge in [0.2, 0.25) is 0 Å². The Morgan fingerprint density at radius 3 is 1.88 bits per heavy atom. The van der Waals surface area contributed by atoms with Gasteiger partial charge in [-0.3, -0.25) is 15.4 Å². The van der Waals surface area contributed by atoms with Crippen LogP contribution in [-0.4, -0.2) is 18.1 Å². The van der Waals surface area contributed by atoms with Crippen molar-refractivity contribution in [1.82, 2.24) is 10.9 Å². The molecule has 0 heterocycles. The van der Waals surface area contributed by atoms with Crippen LogP contribution in [0.3, 0.4) is 0 Å². The second kappa shape index (κ2) is 7.14. The van der Waals surface area contributed by atoms with Crippen LogP contribution in [0.1, 0.15) is 5.56 Å². The van der Waals surface area contributed by atoms with Gasteiger partial charge in [0.15, 0.2) is 5.11 Å². The van der Waals surface area contributed by atoms with Gasteiger partial charge in [-0.2, -0.15) is 8.42 Å². The number of hydrazine groups is 2. The van der Waals surface area contributed by atoms with E-state index >= 15 is 0 Å². The first-order valence-corrected chi connectivity index (χ1v) is 6.17. The van der Waals surface area contributed by atoms with Gasteiger partial charge in [0.25, 0.3) is 10.1 Å². The molecule has 1 aromatic rings. The van der Waals surface area contributed by atoms with Gasteiger partial charge in [0.1, 0.15) is 0 Å². The minimum Gasteiger partial charge on any atom is -0.300 e. The molecule has 0 bridgehead atoms. The van der Waals surface area contributed by atoms with E-state index in [2.05, 4.69) is 23.1 Å². The lowest BCUT2D eigenvalue weighted by Gasteiger charge is -1.95. The van der Waals surface area contributed by atoms with Crippen LogP contribution in [0.2, 0.25) is 0 Å². The van der Waals surface area contributed by atoms with Crippen molar-refractivity contribution in [2.24, 2.45) is 11.7 Å². The van der Waals surface area contributed by atoms with E-state index in [9.17, 15) is 8.42 Å². The molecule has 0 aromatic heterocycles. The Hall–Kier alpha value is -1.26. The summed E-state index contributed by atoms with van der Waals surface area (Å²) < 4.78 is 29.6. The molecular formula is C8H14N4O3S2. The summed E-state index contributed by atoms with van der Waals surface area (Å²) >= 11 is 4.38. The van der Waals surface area contributed by atoms with Crippen molar-refractivity contribution in [3.05, 3.63) is 29.8 Å². The maximum absolute atomic E-state index is 10.5. The number of hydrogen-bond donors (Lipinski definition) is 5. The molecule has 0 aliphatic heterocycles. The van der Waals surface area contributed by atoms with Crippen molar-refractivity contribution in [1.29, 1.82) is 0 Å². The van der Waals surface area contributed by atoms with Crippen molar-refractivity contribution in [2.45, 2.75) is 11.8 Å². The highest BCUT2D eigenvalue weighted by Gasteiger charge is 2.06. The molecule has 0 spiro atoms. The van der Waals surface area contributed by atoms with Crippen LogP contribution in [0.5, 0.6) is 0 Å². The van der Waals surface area contributed by atoms with Crippen LogP contribution in [0.25, 0.3) is 0 Å². The molecule has 7 N–H and O–H groups in total. The third kappa shape index (κ3) is 6.81. The largest absolute Gasteiger partial charge is 0.300 e. The molecule has 0 radical (unpaired) electrons. The van der Waals surface area contributed by atoms with Crippen LogP contribution < -0.4 is 22.5 Å². The predicted octanol–water partition coefficient (Wildman–Crippen LogP) is -0.560. The quantitative estimate of drug-likeness (QED) is 0.200. The van der Waals surface area contributed by atoms with Crippen LogP contribution in [0.4, 0.5) is 0 Å². The SMILES string of the molecule is Cc1ccc(S(=O)(=O)O)cc1.NNC(=S)NN. The predicted molar refractivity (Wildman–Crippen MR) is 68.2 cm³/mol. The highest BCUT2D eigenvalue weighted by atomic mass is 32.2. The number of nitrogens with two attached hydrogens (primary N) is 2. The lowest BCUT2D eigenvalue weighted by atomic mass is 10.2. The zero-order valence-corrected chi connectivity index (χ0v) is 10.7.